The van der Waals surface area contributed by atoms with Gasteiger partial charge in [0.2, 0.25) is 0 Å². The van der Waals surface area contributed by atoms with Crippen molar-refractivity contribution in [2.45, 2.75) is 0 Å². The minimum Gasteiger partial charge on any atom is -0.457 e. The summed E-state index contributed by atoms with van der Waals surface area (Å²) >= 11 is 0.807. The molecule has 0 aliphatic carbocycles. The normalized spacial score (nSPS) is 16.2. The summed E-state index contributed by atoms with van der Waals surface area (Å²) in [7, 11) is 0. The first-order valence-corrected chi connectivity index (χ1v) is 7.45. The van der Waals surface area contributed by atoms with Gasteiger partial charge in [-0.25, -0.2) is 4.39 Å². The number of benzene rings is 1. The molecule has 2 aromatic rings. The van der Waals surface area contributed by atoms with E-state index in [9.17, 15) is 14.0 Å². The number of imide groups is 1. The molecule has 3 rings (SSSR count). The Hall–Kier alpha value is -2.78. The van der Waals surface area contributed by atoms with E-state index in [1.54, 1.807) is 24.3 Å². The molecule has 1 aromatic heterocycles. The van der Waals surface area contributed by atoms with Crippen LogP contribution in [0.5, 0.6) is 0 Å². The van der Waals surface area contributed by atoms with Crippen molar-refractivity contribution in [3.05, 3.63) is 52.9 Å². The number of carbonyl (C=O) groups is 2. The van der Waals surface area contributed by atoms with Crippen molar-refractivity contribution in [1.82, 2.24) is 4.90 Å². The van der Waals surface area contributed by atoms with Crippen LogP contribution in [0.3, 0.4) is 0 Å². The molecule has 0 N–H and O–H groups in total. The summed E-state index contributed by atoms with van der Waals surface area (Å²) in [4.78, 5) is 25.0. The summed E-state index contributed by atoms with van der Waals surface area (Å²) in [6.45, 7) is -0.0608. The molecule has 2 heterocycles. The van der Waals surface area contributed by atoms with Crippen molar-refractivity contribution < 1.29 is 18.4 Å². The number of carbonyl (C=O) groups excluding carboxylic acids is 2. The average molecular weight is 327 g/mol. The Morgan fingerprint density at radius 3 is 2.87 bits per heavy atom. The molecule has 0 atom stereocenters. The first-order chi connectivity index (χ1) is 11.1. The van der Waals surface area contributed by atoms with Gasteiger partial charge < -0.3 is 4.42 Å². The number of terminal acetylenes is 1. The number of nitrogens with zero attached hydrogens (tertiary/aromatic N) is 1. The molecule has 0 spiro atoms. The molecule has 2 amide bonds. The van der Waals surface area contributed by atoms with Crippen LogP contribution in [0.1, 0.15) is 5.76 Å². The standard InChI is InChI=1S/C17H10FNO3S/c1-2-8-19-16(20)15(23-17(19)21)10-13-6-7-14(22-13)11-4-3-5-12(18)9-11/h1,3-7,9-10H,8H2/b15-10+. The molecule has 1 aliphatic heterocycles. The molecular weight excluding hydrogens is 317 g/mol. The lowest BCUT2D eigenvalue weighted by Gasteiger charge is -2.06. The Morgan fingerprint density at radius 2 is 2.13 bits per heavy atom. The predicted octanol–water partition coefficient (Wildman–Crippen LogP) is 3.76. The number of amides is 2. The molecule has 0 bridgehead atoms. The van der Waals surface area contributed by atoms with Crippen molar-refractivity contribution >= 4 is 29.0 Å². The van der Waals surface area contributed by atoms with Gasteiger partial charge in [0.1, 0.15) is 17.3 Å². The van der Waals surface area contributed by atoms with Crippen LogP contribution in [0.25, 0.3) is 17.4 Å². The SMILES string of the molecule is C#CCN1C(=O)S/C(=C/c2ccc(-c3cccc(F)c3)o2)C1=O. The lowest BCUT2D eigenvalue weighted by Crippen LogP contribution is -2.28. The number of hydrogen-bond acceptors (Lipinski definition) is 4. The van der Waals surface area contributed by atoms with Crippen molar-refractivity contribution in [2.24, 2.45) is 0 Å². The number of thioether (sulfide) groups is 1. The van der Waals surface area contributed by atoms with Crippen molar-refractivity contribution in [1.29, 1.82) is 0 Å². The highest BCUT2D eigenvalue weighted by atomic mass is 32.2. The maximum absolute atomic E-state index is 13.2. The van der Waals surface area contributed by atoms with E-state index in [0.29, 0.717) is 17.1 Å². The lowest BCUT2D eigenvalue weighted by atomic mass is 10.2. The monoisotopic (exact) mass is 327 g/mol. The highest BCUT2D eigenvalue weighted by Crippen LogP contribution is 2.33. The maximum Gasteiger partial charge on any atom is 0.294 e. The second-order valence-corrected chi connectivity index (χ2v) is 5.68. The quantitative estimate of drug-likeness (QED) is 0.636. The Kier molecular flexibility index (Phi) is 4.04. The van der Waals surface area contributed by atoms with Crippen LogP contribution >= 0.6 is 11.8 Å². The maximum atomic E-state index is 13.2. The summed E-state index contributed by atoms with van der Waals surface area (Å²) in [5.74, 6) is 2.33. The largest absolute Gasteiger partial charge is 0.457 e. The second-order valence-electron chi connectivity index (χ2n) is 4.68. The van der Waals surface area contributed by atoms with E-state index >= 15 is 0 Å². The molecule has 23 heavy (non-hydrogen) atoms. The van der Waals surface area contributed by atoms with E-state index in [2.05, 4.69) is 5.92 Å². The van der Waals surface area contributed by atoms with Gasteiger partial charge in [-0.2, -0.15) is 0 Å². The highest BCUT2D eigenvalue weighted by Gasteiger charge is 2.34. The molecule has 1 aliphatic rings. The third-order valence-electron chi connectivity index (χ3n) is 3.13. The summed E-state index contributed by atoms with van der Waals surface area (Å²) in [6, 6.07) is 9.31. The van der Waals surface area contributed by atoms with Gasteiger partial charge in [0, 0.05) is 11.6 Å². The van der Waals surface area contributed by atoms with E-state index in [0.717, 1.165) is 16.7 Å². The fourth-order valence-corrected chi connectivity index (χ4v) is 2.90. The topological polar surface area (TPSA) is 50.5 Å². The smallest absolute Gasteiger partial charge is 0.294 e. The van der Waals surface area contributed by atoms with Crippen LogP contribution in [0.2, 0.25) is 0 Å². The number of furan rings is 1. The van der Waals surface area contributed by atoms with Crippen molar-refractivity contribution in [2.75, 3.05) is 6.54 Å². The zero-order chi connectivity index (χ0) is 16.4. The first kappa shape index (κ1) is 15.1. The highest BCUT2D eigenvalue weighted by molar-refractivity contribution is 8.18. The third-order valence-corrected chi connectivity index (χ3v) is 4.04. The predicted molar refractivity (Wildman–Crippen MR) is 85.6 cm³/mol. The summed E-state index contributed by atoms with van der Waals surface area (Å²) in [5.41, 5.74) is 0.588. The van der Waals surface area contributed by atoms with Crippen molar-refractivity contribution in [3.63, 3.8) is 0 Å². The van der Waals surface area contributed by atoms with Crippen LogP contribution < -0.4 is 0 Å². The molecule has 114 valence electrons. The molecule has 1 saturated heterocycles. The molecule has 0 radical (unpaired) electrons. The third kappa shape index (κ3) is 3.05. The summed E-state index contributed by atoms with van der Waals surface area (Å²) < 4.78 is 18.8. The average Bonchev–Trinajstić information content (AvgIpc) is 3.09. The summed E-state index contributed by atoms with van der Waals surface area (Å²) in [6.07, 6.45) is 6.61. The van der Waals surface area contributed by atoms with Crippen LogP contribution in [0, 0.1) is 18.2 Å². The Bertz CT molecular complexity index is 863. The molecule has 6 heteroatoms. The van der Waals surface area contributed by atoms with E-state index in [1.807, 2.05) is 0 Å². The Labute approximate surface area is 136 Å². The van der Waals surface area contributed by atoms with Crippen LogP contribution in [0.15, 0.2) is 45.7 Å². The van der Waals surface area contributed by atoms with Crippen LogP contribution in [-0.4, -0.2) is 22.6 Å². The van der Waals surface area contributed by atoms with Gasteiger partial charge >= 0.3 is 0 Å². The van der Waals surface area contributed by atoms with Crippen molar-refractivity contribution in [3.8, 4) is 23.7 Å². The number of halogens is 1. The first-order valence-electron chi connectivity index (χ1n) is 6.63. The van der Waals surface area contributed by atoms with Gasteiger partial charge in [-0.3, -0.25) is 14.5 Å². The number of hydrogen-bond donors (Lipinski definition) is 0. The van der Waals surface area contributed by atoms with Gasteiger partial charge in [-0.15, -0.1) is 6.42 Å². The fraction of sp³-hybridized carbons (Fsp3) is 0.0588. The minimum atomic E-state index is -0.443. The van der Waals surface area contributed by atoms with Gasteiger partial charge in [-0.05, 0) is 36.0 Å². The van der Waals surface area contributed by atoms with Gasteiger partial charge in [0.05, 0.1) is 11.4 Å². The Morgan fingerprint density at radius 1 is 1.30 bits per heavy atom. The molecule has 1 fully saturated rings. The summed E-state index contributed by atoms with van der Waals surface area (Å²) in [5, 5.41) is -0.406. The van der Waals surface area contributed by atoms with E-state index < -0.39 is 11.1 Å². The van der Waals surface area contributed by atoms with Crippen LogP contribution in [0.4, 0.5) is 9.18 Å². The lowest BCUT2D eigenvalue weighted by molar-refractivity contribution is -0.122. The van der Waals surface area contributed by atoms with E-state index in [1.165, 1.54) is 18.2 Å². The van der Waals surface area contributed by atoms with E-state index in [4.69, 9.17) is 10.8 Å². The van der Waals surface area contributed by atoms with E-state index in [-0.39, 0.29) is 17.3 Å². The molecule has 0 saturated carbocycles. The second kappa shape index (κ2) is 6.15. The fourth-order valence-electron chi connectivity index (χ4n) is 2.08. The zero-order valence-electron chi connectivity index (χ0n) is 11.8. The van der Waals surface area contributed by atoms with Gasteiger partial charge in [-0.1, -0.05) is 18.1 Å². The van der Waals surface area contributed by atoms with Gasteiger partial charge in [0.25, 0.3) is 11.1 Å². The Balaban J connectivity index is 1.86. The molecular formula is C17H10FNO3S. The number of rotatable bonds is 3. The minimum absolute atomic E-state index is 0.0608. The molecule has 1 aromatic carbocycles. The zero-order valence-corrected chi connectivity index (χ0v) is 12.6. The molecule has 4 nitrogen and oxygen atoms in total. The van der Waals surface area contributed by atoms with Crippen LogP contribution in [-0.2, 0) is 4.79 Å². The molecule has 0 unspecified atom stereocenters. The van der Waals surface area contributed by atoms with Gasteiger partial charge in [0.15, 0.2) is 0 Å².